The number of anilines is 1. The van der Waals surface area contributed by atoms with Crippen LogP contribution in [0.1, 0.15) is 51.5 Å². The van der Waals surface area contributed by atoms with Gasteiger partial charge in [-0.15, -0.1) is 0 Å². The van der Waals surface area contributed by atoms with Gasteiger partial charge in [-0.05, 0) is 57.0 Å². The molecule has 3 aromatic rings. The summed E-state index contributed by atoms with van der Waals surface area (Å²) in [4.78, 5) is 41.4. The number of aromatic nitrogens is 2. The molecule has 9 heteroatoms. The molecule has 1 unspecified atom stereocenters. The molecule has 0 bridgehead atoms. The van der Waals surface area contributed by atoms with Gasteiger partial charge in [-0.1, -0.05) is 24.3 Å². The highest BCUT2D eigenvalue weighted by Gasteiger charge is 2.49. The number of para-hydroxylation sites is 1. The van der Waals surface area contributed by atoms with Crippen molar-refractivity contribution in [3.63, 3.8) is 0 Å². The van der Waals surface area contributed by atoms with Crippen molar-refractivity contribution in [3.05, 3.63) is 76.6 Å². The molecule has 0 radical (unpaired) electrons. The minimum absolute atomic E-state index is 0.0268. The van der Waals surface area contributed by atoms with Crippen LogP contribution in [-0.4, -0.2) is 46.8 Å². The van der Waals surface area contributed by atoms with Crippen LogP contribution in [0.2, 0.25) is 0 Å². The first kappa shape index (κ1) is 25.0. The van der Waals surface area contributed by atoms with E-state index in [2.05, 4.69) is 10.4 Å². The molecule has 0 fully saturated rings. The van der Waals surface area contributed by atoms with Crippen LogP contribution in [0.4, 0.5) is 5.69 Å². The number of ether oxygens (including phenoxy) is 2. The number of rotatable bonds is 7. The number of nitrogens with one attached hydrogen (secondary N) is 1. The topological polar surface area (TPSA) is 103 Å². The first-order chi connectivity index (χ1) is 17.2. The van der Waals surface area contributed by atoms with Crippen molar-refractivity contribution in [1.82, 2.24) is 15.1 Å². The Kier molecular flexibility index (Phi) is 6.83. The number of nitrogens with zero attached hydrogens (tertiary/aromatic N) is 3. The Hall–Kier alpha value is -4.14. The molecule has 1 aromatic heterocycles. The molecule has 0 saturated carbocycles. The Labute approximate surface area is 210 Å². The third-order valence-corrected chi connectivity index (χ3v) is 6.51. The van der Waals surface area contributed by atoms with E-state index in [9.17, 15) is 14.4 Å². The zero-order valence-corrected chi connectivity index (χ0v) is 21.1. The second kappa shape index (κ2) is 9.85. The number of benzene rings is 2. The standard InChI is InChI=1S/C27H30N4O5/c1-6-36-25(33)21-14-22-24(32)31(20-12-11-17(2)18(3)13-20)27(4,16-30(22)29-21)26(34)28-15-19-9-7-8-10-23(19)35-5/h7-14H,6,15-16H2,1-5H3,(H,28,34). The highest BCUT2D eigenvalue weighted by atomic mass is 16.5. The average molecular weight is 491 g/mol. The maximum Gasteiger partial charge on any atom is 0.358 e. The molecule has 36 heavy (non-hydrogen) atoms. The second-order valence-corrected chi connectivity index (χ2v) is 8.97. The maximum atomic E-state index is 13.8. The van der Waals surface area contributed by atoms with E-state index in [-0.39, 0.29) is 37.0 Å². The summed E-state index contributed by atoms with van der Waals surface area (Å²) in [5.74, 6) is -0.754. The average Bonchev–Trinajstić information content (AvgIpc) is 3.29. The minimum atomic E-state index is -1.33. The van der Waals surface area contributed by atoms with Gasteiger partial charge in [0.1, 0.15) is 17.0 Å². The van der Waals surface area contributed by atoms with Crippen LogP contribution in [-0.2, 0) is 22.6 Å². The highest BCUT2D eigenvalue weighted by Crippen LogP contribution is 2.34. The summed E-state index contributed by atoms with van der Waals surface area (Å²) in [5.41, 5.74) is 2.37. The van der Waals surface area contributed by atoms with E-state index in [1.807, 2.05) is 56.3 Å². The number of fused-ring (bicyclic) bond motifs is 1. The van der Waals surface area contributed by atoms with Crippen molar-refractivity contribution in [2.45, 2.75) is 46.3 Å². The Balaban J connectivity index is 1.74. The van der Waals surface area contributed by atoms with Crippen molar-refractivity contribution in [2.75, 3.05) is 18.6 Å². The third kappa shape index (κ3) is 4.44. The van der Waals surface area contributed by atoms with E-state index in [0.29, 0.717) is 11.4 Å². The molecule has 1 aliphatic rings. The summed E-state index contributed by atoms with van der Waals surface area (Å²) < 4.78 is 11.9. The van der Waals surface area contributed by atoms with Gasteiger partial charge in [0.2, 0.25) is 5.91 Å². The molecular weight excluding hydrogens is 460 g/mol. The predicted molar refractivity (Wildman–Crippen MR) is 134 cm³/mol. The van der Waals surface area contributed by atoms with Crippen LogP contribution in [0.25, 0.3) is 0 Å². The molecule has 2 amide bonds. The monoisotopic (exact) mass is 490 g/mol. The molecule has 2 heterocycles. The van der Waals surface area contributed by atoms with Gasteiger partial charge in [0.25, 0.3) is 5.91 Å². The molecular formula is C27H30N4O5. The summed E-state index contributed by atoms with van der Waals surface area (Å²) >= 11 is 0. The lowest BCUT2D eigenvalue weighted by Gasteiger charge is -2.43. The highest BCUT2D eigenvalue weighted by molar-refractivity contribution is 6.12. The molecule has 2 aromatic carbocycles. The molecule has 0 aliphatic carbocycles. The zero-order chi connectivity index (χ0) is 26.0. The Morgan fingerprint density at radius 2 is 1.86 bits per heavy atom. The van der Waals surface area contributed by atoms with Gasteiger partial charge in [-0.25, -0.2) is 4.79 Å². The van der Waals surface area contributed by atoms with Gasteiger partial charge in [0.05, 0.1) is 20.3 Å². The number of hydrogen-bond donors (Lipinski definition) is 1. The van der Waals surface area contributed by atoms with Crippen molar-refractivity contribution in [2.24, 2.45) is 0 Å². The Morgan fingerprint density at radius 1 is 1.11 bits per heavy atom. The van der Waals surface area contributed by atoms with Crippen molar-refractivity contribution in [1.29, 1.82) is 0 Å². The van der Waals surface area contributed by atoms with E-state index in [1.54, 1.807) is 21.0 Å². The van der Waals surface area contributed by atoms with Crippen LogP contribution < -0.4 is 15.0 Å². The molecule has 1 aliphatic heterocycles. The quantitative estimate of drug-likeness (QED) is 0.509. The Bertz CT molecular complexity index is 1330. The largest absolute Gasteiger partial charge is 0.496 e. The van der Waals surface area contributed by atoms with Gasteiger partial charge in [-0.2, -0.15) is 5.10 Å². The van der Waals surface area contributed by atoms with Gasteiger partial charge >= 0.3 is 5.97 Å². The van der Waals surface area contributed by atoms with Crippen LogP contribution in [0, 0.1) is 13.8 Å². The summed E-state index contributed by atoms with van der Waals surface area (Å²) in [6.45, 7) is 7.79. The summed E-state index contributed by atoms with van der Waals surface area (Å²) in [5, 5.41) is 7.26. The lowest BCUT2D eigenvalue weighted by atomic mass is 9.93. The van der Waals surface area contributed by atoms with Gasteiger partial charge in [-0.3, -0.25) is 19.2 Å². The second-order valence-electron chi connectivity index (χ2n) is 8.97. The molecule has 0 spiro atoms. The normalized spacial score (nSPS) is 16.9. The SMILES string of the molecule is CCOC(=O)c1cc2n(n1)CC(C)(C(=O)NCc1ccccc1OC)N(c1ccc(C)c(C)c1)C2=O. The molecule has 9 nitrogen and oxygen atoms in total. The minimum Gasteiger partial charge on any atom is -0.496 e. The fourth-order valence-electron chi connectivity index (χ4n) is 4.37. The Morgan fingerprint density at radius 3 is 2.56 bits per heavy atom. The fraction of sp³-hybridized carbons (Fsp3) is 0.333. The number of esters is 1. The van der Waals surface area contributed by atoms with Crippen molar-refractivity contribution in [3.8, 4) is 5.75 Å². The molecule has 188 valence electrons. The van der Waals surface area contributed by atoms with Crippen LogP contribution in [0.15, 0.2) is 48.5 Å². The number of hydrogen-bond acceptors (Lipinski definition) is 6. The number of methoxy groups -OCH3 is 1. The zero-order valence-electron chi connectivity index (χ0n) is 21.1. The fourth-order valence-corrected chi connectivity index (χ4v) is 4.37. The van der Waals surface area contributed by atoms with Gasteiger partial charge < -0.3 is 14.8 Å². The van der Waals surface area contributed by atoms with Crippen LogP contribution >= 0.6 is 0 Å². The number of amides is 2. The molecule has 0 saturated heterocycles. The number of carbonyl (C=O) groups excluding carboxylic acids is 3. The molecule has 1 N–H and O–H groups in total. The van der Waals surface area contributed by atoms with E-state index < -0.39 is 17.4 Å². The van der Waals surface area contributed by atoms with Gasteiger partial charge in [0.15, 0.2) is 5.69 Å². The first-order valence-electron chi connectivity index (χ1n) is 11.8. The van der Waals surface area contributed by atoms with Crippen molar-refractivity contribution >= 4 is 23.5 Å². The van der Waals surface area contributed by atoms with E-state index in [0.717, 1.165) is 16.7 Å². The first-order valence-corrected chi connectivity index (χ1v) is 11.8. The predicted octanol–water partition coefficient (Wildman–Crippen LogP) is 3.42. The van der Waals surface area contributed by atoms with Gasteiger partial charge in [0, 0.05) is 23.9 Å². The van der Waals surface area contributed by atoms with Crippen LogP contribution in [0.3, 0.4) is 0 Å². The lowest BCUT2D eigenvalue weighted by molar-refractivity contribution is -0.126. The van der Waals surface area contributed by atoms with Crippen LogP contribution in [0.5, 0.6) is 5.75 Å². The van der Waals surface area contributed by atoms with Crippen molar-refractivity contribution < 1.29 is 23.9 Å². The lowest BCUT2D eigenvalue weighted by Crippen LogP contribution is -2.64. The summed E-state index contributed by atoms with van der Waals surface area (Å²) in [7, 11) is 1.57. The molecule has 1 atom stereocenters. The van der Waals surface area contributed by atoms with E-state index in [4.69, 9.17) is 9.47 Å². The smallest absolute Gasteiger partial charge is 0.358 e. The number of carbonyl (C=O) groups is 3. The number of aryl methyl sites for hydroxylation is 2. The summed E-state index contributed by atoms with van der Waals surface area (Å²) in [6.07, 6.45) is 0. The van der Waals surface area contributed by atoms with E-state index in [1.165, 1.54) is 15.6 Å². The third-order valence-electron chi connectivity index (χ3n) is 6.51. The maximum absolute atomic E-state index is 13.8. The summed E-state index contributed by atoms with van der Waals surface area (Å²) in [6, 6.07) is 14.5. The van der Waals surface area contributed by atoms with E-state index >= 15 is 0 Å². The molecule has 4 rings (SSSR count).